The van der Waals surface area contributed by atoms with Gasteiger partial charge in [0.1, 0.15) is 0 Å². The van der Waals surface area contributed by atoms with Gasteiger partial charge in [-0.2, -0.15) is 0 Å². The molecule has 0 aromatic heterocycles. The van der Waals surface area contributed by atoms with E-state index in [-0.39, 0.29) is 11.8 Å². The van der Waals surface area contributed by atoms with Crippen LogP contribution in [0.2, 0.25) is 0 Å². The molecule has 3 N–H and O–H groups in total. The van der Waals surface area contributed by atoms with Crippen molar-refractivity contribution in [3.63, 3.8) is 0 Å². The van der Waals surface area contributed by atoms with Crippen LogP contribution >= 0.6 is 0 Å². The van der Waals surface area contributed by atoms with Crippen LogP contribution in [0.4, 0.5) is 5.69 Å². The average Bonchev–Trinajstić information content (AvgIpc) is 2.47. The minimum Gasteiger partial charge on any atom is -0.356 e. The minimum absolute atomic E-state index is 0.0436. The van der Waals surface area contributed by atoms with E-state index in [9.17, 15) is 4.79 Å². The van der Waals surface area contributed by atoms with Gasteiger partial charge in [-0.25, -0.2) is 0 Å². The number of carbonyl (C=O) groups excluding carboxylic acids is 1. The predicted octanol–water partition coefficient (Wildman–Crippen LogP) is 0.911. The zero-order valence-corrected chi connectivity index (χ0v) is 11.4. The van der Waals surface area contributed by atoms with E-state index < -0.39 is 0 Å². The molecule has 0 aliphatic carbocycles. The van der Waals surface area contributed by atoms with Crippen molar-refractivity contribution < 1.29 is 4.79 Å². The monoisotopic (exact) mass is 270 g/mol. The number of hydrogen-bond acceptors (Lipinski definition) is 2. The minimum atomic E-state index is 0.0436. The van der Waals surface area contributed by atoms with Crippen LogP contribution in [0, 0.1) is 12.3 Å². The van der Waals surface area contributed by atoms with Gasteiger partial charge >= 0.3 is 0 Å². The van der Waals surface area contributed by atoms with Gasteiger partial charge in [0.15, 0.2) is 5.96 Å². The number of para-hydroxylation sites is 1. The number of guanidine groups is 1. The predicted molar refractivity (Wildman–Crippen MR) is 80.6 cm³/mol. The van der Waals surface area contributed by atoms with Gasteiger partial charge in [-0.1, -0.05) is 24.1 Å². The lowest BCUT2D eigenvalue weighted by Crippen LogP contribution is -2.40. The molecule has 1 heterocycles. The molecule has 1 aromatic carbocycles. The second-order valence-corrected chi connectivity index (χ2v) is 4.55. The Bertz CT molecular complexity index is 559. The van der Waals surface area contributed by atoms with Crippen LogP contribution in [-0.2, 0) is 4.79 Å². The molecule has 1 aliphatic rings. The molecule has 1 amide bonds. The topological polar surface area (TPSA) is 65.5 Å². The van der Waals surface area contributed by atoms with Gasteiger partial charge in [0.2, 0.25) is 5.91 Å². The van der Waals surface area contributed by atoms with Crippen LogP contribution in [0.25, 0.3) is 0 Å². The number of nitrogens with one attached hydrogen (secondary N) is 3. The number of hydrogen-bond donors (Lipinski definition) is 3. The second kappa shape index (κ2) is 6.62. The van der Waals surface area contributed by atoms with E-state index >= 15 is 0 Å². The molecule has 0 radical (unpaired) electrons. The van der Waals surface area contributed by atoms with Crippen LogP contribution in [0.15, 0.2) is 29.3 Å². The third kappa shape index (κ3) is 3.29. The first-order valence-electron chi connectivity index (χ1n) is 6.51. The van der Waals surface area contributed by atoms with E-state index in [4.69, 9.17) is 6.42 Å². The van der Waals surface area contributed by atoms with E-state index in [1.54, 1.807) is 7.05 Å². The Morgan fingerprint density at radius 1 is 1.50 bits per heavy atom. The first-order valence-corrected chi connectivity index (χ1v) is 6.51. The summed E-state index contributed by atoms with van der Waals surface area (Å²) in [5.74, 6) is 3.31. The van der Waals surface area contributed by atoms with Crippen molar-refractivity contribution in [3.8, 4) is 12.3 Å². The number of nitrogens with zero attached hydrogens (tertiary/aromatic N) is 1. The Hall–Kier alpha value is -2.48. The zero-order valence-electron chi connectivity index (χ0n) is 11.4. The number of aliphatic imine (C=N–C) groups is 1. The van der Waals surface area contributed by atoms with Gasteiger partial charge in [0.05, 0.1) is 6.54 Å². The summed E-state index contributed by atoms with van der Waals surface area (Å²) in [6.07, 6.45) is 5.67. The SMILES string of the molecule is C#CCNC(=NC)NCC1CC(=O)Nc2ccccc21. The van der Waals surface area contributed by atoms with Crippen molar-refractivity contribution in [1.29, 1.82) is 0 Å². The van der Waals surface area contributed by atoms with Gasteiger partial charge in [-0.3, -0.25) is 9.79 Å². The van der Waals surface area contributed by atoms with Crippen molar-refractivity contribution >= 4 is 17.6 Å². The van der Waals surface area contributed by atoms with Crippen molar-refractivity contribution in [1.82, 2.24) is 10.6 Å². The quantitative estimate of drug-likeness (QED) is 0.434. The maximum atomic E-state index is 11.7. The Morgan fingerprint density at radius 2 is 2.30 bits per heavy atom. The van der Waals surface area contributed by atoms with E-state index in [2.05, 4.69) is 26.9 Å². The number of terminal acetylenes is 1. The van der Waals surface area contributed by atoms with Gasteiger partial charge in [-0.05, 0) is 11.6 Å². The average molecular weight is 270 g/mol. The van der Waals surface area contributed by atoms with Crippen molar-refractivity contribution in [2.75, 3.05) is 25.5 Å². The molecule has 0 saturated carbocycles. The highest BCUT2D eigenvalue weighted by Crippen LogP contribution is 2.31. The normalized spacial score (nSPS) is 17.7. The Kier molecular flexibility index (Phi) is 4.61. The third-order valence-electron chi connectivity index (χ3n) is 3.20. The summed E-state index contributed by atoms with van der Waals surface area (Å²) in [6, 6.07) is 7.86. The number of benzene rings is 1. The summed E-state index contributed by atoms with van der Waals surface area (Å²) in [7, 11) is 1.69. The largest absolute Gasteiger partial charge is 0.356 e. The summed E-state index contributed by atoms with van der Waals surface area (Å²) < 4.78 is 0. The van der Waals surface area contributed by atoms with Crippen LogP contribution in [0.5, 0.6) is 0 Å². The molecule has 104 valence electrons. The Morgan fingerprint density at radius 3 is 3.05 bits per heavy atom. The highest BCUT2D eigenvalue weighted by Gasteiger charge is 2.24. The van der Waals surface area contributed by atoms with Crippen LogP contribution in [0.1, 0.15) is 17.9 Å². The van der Waals surface area contributed by atoms with E-state index in [0.29, 0.717) is 25.5 Å². The number of amides is 1. The number of anilines is 1. The standard InChI is InChI=1S/C15H18N4O/c1-3-8-17-15(16-2)18-10-11-9-14(20)19-13-7-5-4-6-12(11)13/h1,4-7,11H,8-10H2,2H3,(H,19,20)(H2,16,17,18). The molecule has 20 heavy (non-hydrogen) atoms. The number of rotatable bonds is 3. The highest BCUT2D eigenvalue weighted by molar-refractivity contribution is 5.94. The van der Waals surface area contributed by atoms with E-state index in [1.807, 2.05) is 24.3 Å². The van der Waals surface area contributed by atoms with Gasteiger partial charge in [-0.15, -0.1) is 6.42 Å². The molecular formula is C15H18N4O. The summed E-state index contributed by atoms with van der Waals surface area (Å²) >= 11 is 0. The first kappa shape index (κ1) is 13.9. The van der Waals surface area contributed by atoms with Gasteiger partial charge in [0.25, 0.3) is 0 Å². The van der Waals surface area contributed by atoms with Crippen molar-refractivity contribution in [2.24, 2.45) is 4.99 Å². The molecule has 1 aromatic rings. The number of carbonyl (C=O) groups is 1. The molecule has 5 nitrogen and oxygen atoms in total. The second-order valence-electron chi connectivity index (χ2n) is 4.55. The van der Waals surface area contributed by atoms with E-state index in [1.165, 1.54) is 0 Å². The maximum Gasteiger partial charge on any atom is 0.225 e. The fraction of sp³-hybridized carbons (Fsp3) is 0.333. The fourth-order valence-corrected chi connectivity index (χ4v) is 2.26. The molecule has 1 aliphatic heterocycles. The zero-order chi connectivity index (χ0) is 14.4. The summed E-state index contributed by atoms with van der Waals surface area (Å²) in [5.41, 5.74) is 2.04. The summed E-state index contributed by atoms with van der Waals surface area (Å²) in [4.78, 5) is 15.8. The van der Waals surface area contributed by atoms with Crippen molar-refractivity contribution in [3.05, 3.63) is 29.8 Å². The first-order chi connectivity index (χ1) is 9.74. The van der Waals surface area contributed by atoms with Crippen LogP contribution in [0.3, 0.4) is 0 Å². The smallest absolute Gasteiger partial charge is 0.225 e. The maximum absolute atomic E-state index is 11.7. The Labute approximate surface area is 118 Å². The highest BCUT2D eigenvalue weighted by atomic mass is 16.1. The lowest BCUT2D eigenvalue weighted by Gasteiger charge is -2.26. The van der Waals surface area contributed by atoms with E-state index in [0.717, 1.165) is 11.3 Å². The lowest BCUT2D eigenvalue weighted by atomic mass is 9.90. The van der Waals surface area contributed by atoms with Crippen LogP contribution in [-0.4, -0.2) is 32.0 Å². The van der Waals surface area contributed by atoms with Crippen LogP contribution < -0.4 is 16.0 Å². The fourth-order valence-electron chi connectivity index (χ4n) is 2.26. The summed E-state index contributed by atoms with van der Waals surface area (Å²) in [5, 5.41) is 9.08. The molecule has 0 bridgehead atoms. The van der Waals surface area contributed by atoms with Crippen molar-refractivity contribution in [2.45, 2.75) is 12.3 Å². The molecule has 1 atom stereocenters. The molecule has 2 rings (SSSR count). The third-order valence-corrected chi connectivity index (χ3v) is 3.20. The van der Waals surface area contributed by atoms with Gasteiger partial charge in [0, 0.05) is 31.6 Å². The molecule has 0 spiro atoms. The molecule has 0 fully saturated rings. The molecular weight excluding hydrogens is 252 g/mol. The molecule has 1 unspecified atom stereocenters. The Balaban J connectivity index is 2.03. The lowest BCUT2D eigenvalue weighted by molar-refractivity contribution is -0.116. The number of fused-ring (bicyclic) bond motifs is 1. The summed E-state index contributed by atoms with van der Waals surface area (Å²) in [6.45, 7) is 1.05. The van der Waals surface area contributed by atoms with Gasteiger partial charge < -0.3 is 16.0 Å². The molecule has 5 heteroatoms. The molecule has 0 saturated heterocycles.